The molecule has 0 radical (unpaired) electrons. The van der Waals surface area contributed by atoms with Gasteiger partial charge in [0, 0.05) is 19.3 Å². The Labute approximate surface area is 165 Å². The first-order chi connectivity index (χ1) is 13.3. The molecular weight excluding hydrogens is 356 g/mol. The Morgan fingerprint density at radius 3 is 2.52 bits per heavy atom. The monoisotopic (exact) mass is 382 g/mol. The first kappa shape index (κ1) is 19.3. The van der Waals surface area contributed by atoms with Gasteiger partial charge in [0.1, 0.15) is 10.7 Å². The molecule has 1 aliphatic heterocycles. The van der Waals surface area contributed by atoms with Crippen LogP contribution >= 0.6 is 12.2 Å². The number of hydrogen-bond acceptors (Lipinski definition) is 3. The summed E-state index contributed by atoms with van der Waals surface area (Å²) in [5.74, 6) is 0.116. The lowest BCUT2D eigenvalue weighted by atomic mass is 10.0. The van der Waals surface area contributed by atoms with Gasteiger partial charge in [-0.15, -0.1) is 0 Å². The summed E-state index contributed by atoms with van der Waals surface area (Å²) in [7, 11) is 0. The van der Waals surface area contributed by atoms with E-state index in [4.69, 9.17) is 12.2 Å². The highest BCUT2D eigenvalue weighted by molar-refractivity contribution is 7.71. The van der Waals surface area contributed by atoms with Gasteiger partial charge in [-0.05, 0) is 30.9 Å². The fourth-order valence-corrected chi connectivity index (χ4v) is 3.83. The van der Waals surface area contributed by atoms with Crippen LogP contribution in [0.25, 0.3) is 10.9 Å². The van der Waals surface area contributed by atoms with Crippen LogP contribution in [0.2, 0.25) is 0 Å². The van der Waals surface area contributed by atoms with Crippen LogP contribution in [0.4, 0.5) is 0 Å². The number of pyridine rings is 1. The number of carbonyl (C=O) groups is 1. The van der Waals surface area contributed by atoms with Gasteiger partial charge in [-0.2, -0.15) is 5.10 Å². The molecule has 5 nitrogen and oxygen atoms in total. The molecule has 1 aliphatic rings. The van der Waals surface area contributed by atoms with Crippen molar-refractivity contribution in [1.82, 2.24) is 19.7 Å². The molecule has 0 spiro atoms. The molecule has 0 bridgehead atoms. The van der Waals surface area contributed by atoms with Crippen molar-refractivity contribution in [3.8, 4) is 0 Å². The van der Waals surface area contributed by atoms with Gasteiger partial charge in [0.2, 0.25) is 5.91 Å². The van der Waals surface area contributed by atoms with Crippen LogP contribution < -0.4 is 0 Å². The minimum Gasteiger partial charge on any atom is -0.341 e. The number of fused-ring (bicyclic) bond motifs is 1. The number of aromatic nitrogens is 3. The maximum Gasteiger partial charge on any atom is 0.250 e. The van der Waals surface area contributed by atoms with E-state index in [0.717, 1.165) is 42.4 Å². The van der Waals surface area contributed by atoms with Crippen LogP contribution in [-0.4, -0.2) is 38.7 Å². The smallest absolute Gasteiger partial charge is 0.250 e. The van der Waals surface area contributed by atoms with E-state index in [1.165, 1.54) is 6.42 Å². The molecule has 4 rings (SSSR count). The number of benzene rings is 1. The molecule has 1 fully saturated rings. The van der Waals surface area contributed by atoms with Gasteiger partial charge >= 0.3 is 0 Å². The first-order valence-electron chi connectivity index (χ1n) is 9.63. The second kappa shape index (κ2) is 8.95. The number of aromatic amines is 1. The molecule has 3 aromatic rings. The standard InChI is InChI=1S/C19H20N4OS.C2H6/c24-18(22-10-5-2-6-11-22)17(14-7-3-1-4-8-14)23-12-9-16-15(19(23)25)13-20-21-16;1-2/h1,3-4,7-9,12-13,17H,2,5-6,10-11H2,(H,20,21);1-2H3. The fourth-order valence-electron chi connectivity index (χ4n) is 3.50. The minimum atomic E-state index is -0.439. The van der Waals surface area contributed by atoms with Gasteiger partial charge in [0.15, 0.2) is 0 Å². The van der Waals surface area contributed by atoms with Gasteiger partial charge in [-0.3, -0.25) is 9.89 Å². The molecule has 142 valence electrons. The third-order valence-electron chi connectivity index (χ3n) is 4.83. The maximum atomic E-state index is 13.4. The Hall–Kier alpha value is -2.47. The minimum absolute atomic E-state index is 0.116. The Morgan fingerprint density at radius 2 is 1.81 bits per heavy atom. The van der Waals surface area contributed by atoms with Crippen LogP contribution in [0.5, 0.6) is 0 Å². The third kappa shape index (κ3) is 3.95. The summed E-state index contributed by atoms with van der Waals surface area (Å²) in [5, 5.41) is 7.87. The molecule has 1 aromatic carbocycles. The summed E-state index contributed by atoms with van der Waals surface area (Å²) >= 11 is 5.68. The second-order valence-corrected chi connectivity index (χ2v) is 6.81. The Balaban J connectivity index is 0.00000102. The van der Waals surface area contributed by atoms with E-state index in [-0.39, 0.29) is 5.91 Å². The number of nitrogens with zero attached hydrogens (tertiary/aromatic N) is 3. The van der Waals surface area contributed by atoms with Crippen molar-refractivity contribution < 1.29 is 4.79 Å². The lowest BCUT2D eigenvalue weighted by Gasteiger charge is -2.31. The summed E-state index contributed by atoms with van der Waals surface area (Å²) < 4.78 is 2.53. The summed E-state index contributed by atoms with van der Waals surface area (Å²) in [4.78, 5) is 15.3. The summed E-state index contributed by atoms with van der Waals surface area (Å²) in [6, 6.07) is 11.4. The van der Waals surface area contributed by atoms with E-state index in [0.29, 0.717) is 4.64 Å². The lowest BCUT2D eigenvalue weighted by Crippen LogP contribution is -2.41. The van der Waals surface area contributed by atoms with E-state index in [1.807, 2.05) is 65.9 Å². The van der Waals surface area contributed by atoms with E-state index in [1.54, 1.807) is 6.20 Å². The second-order valence-electron chi connectivity index (χ2n) is 6.42. The summed E-state index contributed by atoms with van der Waals surface area (Å²) in [5.41, 5.74) is 1.84. The highest BCUT2D eigenvalue weighted by Gasteiger charge is 2.28. The lowest BCUT2D eigenvalue weighted by molar-refractivity contribution is -0.134. The van der Waals surface area contributed by atoms with Gasteiger partial charge in [0.05, 0.1) is 17.1 Å². The zero-order valence-corrected chi connectivity index (χ0v) is 16.7. The molecule has 0 saturated carbocycles. The Bertz CT molecular complexity index is 941. The average molecular weight is 383 g/mol. The van der Waals surface area contributed by atoms with Crippen LogP contribution in [0.3, 0.4) is 0 Å². The van der Waals surface area contributed by atoms with Gasteiger partial charge < -0.3 is 9.47 Å². The van der Waals surface area contributed by atoms with Crippen molar-refractivity contribution in [1.29, 1.82) is 0 Å². The number of rotatable bonds is 3. The zero-order chi connectivity index (χ0) is 19.2. The molecule has 0 aliphatic carbocycles. The average Bonchev–Trinajstić information content (AvgIpc) is 3.22. The van der Waals surface area contributed by atoms with Gasteiger partial charge in [0.25, 0.3) is 0 Å². The molecule has 1 N–H and O–H groups in total. The number of amides is 1. The molecule has 1 atom stereocenters. The largest absolute Gasteiger partial charge is 0.341 e. The molecule has 1 amide bonds. The normalized spacial score (nSPS) is 15.1. The summed E-state index contributed by atoms with van der Waals surface area (Å²) in [6.45, 7) is 5.65. The highest BCUT2D eigenvalue weighted by atomic mass is 32.1. The number of H-pyrrole nitrogens is 1. The van der Waals surface area contributed by atoms with Gasteiger partial charge in [-0.25, -0.2) is 0 Å². The number of hydrogen-bond donors (Lipinski definition) is 1. The van der Waals surface area contributed by atoms with Crippen molar-refractivity contribution in [2.75, 3.05) is 13.1 Å². The quantitative estimate of drug-likeness (QED) is 0.667. The SMILES string of the molecule is CC.O=C(C(c1ccccc1)n1ccc2[nH]ncc2c1=S)N1CCCCC1. The Kier molecular flexibility index (Phi) is 6.40. The maximum absolute atomic E-state index is 13.4. The molecule has 1 saturated heterocycles. The number of piperidine rings is 1. The predicted octanol–water partition coefficient (Wildman–Crippen LogP) is 4.72. The molecule has 3 heterocycles. The van der Waals surface area contributed by atoms with Crippen molar-refractivity contribution in [2.45, 2.75) is 39.2 Å². The van der Waals surface area contributed by atoms with E-state index < -0.39 is 6.04 Å². The molecule has 2 aromatic heterocycles. The molecular formula is C21H26N4OS. The zero-order valence-electron chi connectivity index (χ0n) is 15.9. The predicted molar refractivity (Wildman–Crippen MR) is 111 cm³/mol. The molecule has 6 heteroatoms. The molecule has 1 unspecified atom stereocenters. The highest BCUT2D eigenvalue weighted by Crippen LogP contribution is 2.26. The van der Waals surface area contributed by atoms with E-state index in [2.05, 4.69) is 10.2 Å². The molecule has 27 heavy (non-hydrogen) atoms. The van der Waals surface area contributed by atoms with Crippen LogP contribution in [0, 0.1) is 4.64 Å². The summed E-state index contributed by atoms with van der Waals surface area (Å²) in [6.07, 6.45) is 6.95. The van der Waals surface area contributed by atoms with Crippen LogP contribution in [-0.2, 0) is 4.79 Å². The van der Waals surface area contributed by atoms with Gasteiger partial charge in [-0.1, -0.05) is 56.4 Å². The number of carbonyl (C=O) groups excluding carboxylic acids is 1. The van der Waals surface area contributed by atoms with Crippen molar-refractivity contribution >= 4 is 29.0 Å². The number of nitrogens with one attached hydrogen (secondary N) is 1. The van der Waals surface area contributed by atoms with Crippen molar-refractivity contribution in [3.63, 3.8) is 0 Å². The van der Waals surface area contributed by atoms with E-state index in [9.17, 15) is 4.79 Å². The Morgan fingerprint density at radius 1 is 1.11 bits per heavy atom. The van der Waals surface area contributed by atoms with Crippen LogP contribution in [0.1, 0.15) is 44.7 Å². The fraction of sp³-hybridized carbons (Fsp3) is 0.381. The van der Waals surface area contributed by atoms with Crippen molar-refractivity contribution in [2.24, 2.45) is 0 Å². The first-order valence-corrected chi connectivity index (χ1v) is 10.0. The topological polar surface area (TPSA) is 53.9 Å². The number of likely N-dealkylation sites (tertiary alicyclic amines) is 1. The third-order valence-corrected chi connectivity index (χ3v) is 5.26. The van der Waals surface area contributed by atoms with E-state index >= 15 is 0 Å². The van der Waals surface area contributed by atoms with Crippen molar-refractivity contribution in [3.05, 3.63) is 59.0 Å². The van der Waals surface area contributed by atoms with Crippen LogP contribution in [0.15, 0.2) is 48.8 Å².